The molecule has 0 aromatic rings. The Hall–Kier alpha value is -0.790. The smallest absolute Gasteiger partial charge is 0.309 e. The van der Waals surface area contributed by atoms with Crippen LogP contribution in [0, 0.1) is 52.3 Å². The van der Waals surface area contributed by atoms with E-state index in [1.165, 1.54) is 50.5 Å². The number of allylic oxidation sites excluding steroid dienone is 2. The van der Waals surface area contributed by atoms with Crippen molar-refractivity contribution in [3.05, 3.63) is 11.6 Å². The Morgan fingerprint density at radius 2 is 1.50 bits per heavy atom. The minimum Gasteiger partial charge on any atom is -0.462 e. The SMILES string of the molecule is CC.CC.CC(C)=CCCC1C(=O)OC2CC3(C)C(CCC4C3CCC3[C@H](C)CCCC43C)C21. The van der Waals surface area contributed by atoms with Crippen molar-refractivity contribution < 1.29 is 9.53 Å². The van der Waals surface area contributed by atoms with Crippen LogP contribution < -0.4 is 0 Å². The van der Waals surface area contributed by atoms with Gasteiger partial charge in [0, 0.05) is 5.92 Å². The molecule has 0 bridgehead atoms. The normalized spacial score (nSPS) is 46.2. The Bertz CT molecular complexity index is 721. The largest absolute Gasteiger partial charge is 0.462 e. The first kappa shape index (κ1) is 27.8. The zero-order chi connectivity index (χ0) is 25.3. The molecule has 1 heterocycles. The maximum Gasteiger partial charge on any atom is 0.309 e. The van der Waals surface area contributed by atoms with Gasteiger partial charge in [-0.2, -0.15) is 0 Å². The van der Waals surface area contributed by atoms with Crippen molar-refractivity contribution in [2.45, 2.75) is 133 Å². The van der Waals surface area contributed by atoms with Gasteiger partial charge in [-0.05, 0) is 106 Å². The van der Waals surface area contributed by atoms with Crippen molar-refractivity contribution in [2.75, 3.05) is 0 Å². The predicted molar refractivity (Wildman–Crippen MR) is 144 cm³/mol. The Kier molecular flexibility index (Phi) is 9.06. The molecule has 34 heavy (non-hydrogen) atoms. The lowest BCUT2D eigenvalue weighted by molar-refractivity contribution is -0.152. The number of carbonyl (C=O) groups is 1. The van der Waals surface area contributed by atoms with Crippen molar-refractivity contribution in [1.29, 1.82) is 0 Å². The fraction of sp³-hybridized carbons (Fsp3) is 0.906. The van der Waals surface area contributed by atoms with Crippen LogP contribution in [0.4, 0.5) is 0 Å². The molecule has 0 spiro atoms. The number of esters is 1. The molecule has 0 amide bonds. The molecule has 0 aromatic heterocycles. The minimum absolute atomic E-state index is 0.119. The van der Waals surface area contributed by atoms with Crippen molar-refractivity contribution in [3.8, 4) is 0 Å². The van der Waals surface area contributed by atoms with E-state index in [1.807, 2.05) is 27.7 Å². The van der Waals surface area contributed by atoms with Gasteiger partial charge in [0.1, 0.15) is 6.10 Å². The van der Waals surface area contributed by atoms with Gasteiger partial charge in [0.2, 0.25) is 0 Å². The third-order valence-corrected chi connectivity index (χ3v) is 11.1. The average molecular weight is 473 g/mol. The first-order chi connectivity index (χ1) is 16.3. The maximum atomic E-state index is 12.8. The van der Waals surface area contributed by atoms with E-state index < -0.39 is 0 Å². The summed E-state index contributed by atoms with van der Waals surface area (Å²) in [4.78, 5) is 12.8. The van der Waals surface area contributed by atoms with Crippen LogP contribution in [0.25, 0.3) is 0 Å². The highest BCUT2D eigenvalue weighted by atomic mass is 16.6. The van der Waals surface area contributed by atoms with Crippen molar-refractivity contribution in [1.82, 2.24) is 0 Å². The maximum absolute atomic E-state index is 12.8. The molecule has 0 aromatic carbocycles. The zero-order valence-electron chi connectivity index (χ0n) is 24.1. The topological polar surface area (TPSA) is 26.3 Å². The van der Waals surface area contributed by atoms with Gasteiger partial charge in [0.05, 0.1) is 5.92 Å². The summed E-state index contributed by atoms with van der Waals surface area (Å²) in [7, 11) is 0. The van der Waals surface area contributed by atoms with Gasteiger partial charge < -0.3 is 4.74 Å². The number of ether oxygens (including phenoxy) is 1. The van der Waals surface area contributed by atoms with Gasteiger partial charge in [-0.15, -0.1) is 0 Å². The van der Waals surface area contributed by atoms with E-state index in [0.29, 0.717) is 22.7 Å². The third kappa shape index (κ3) is 4.54. The van der Waals surface area contributed by atoms with E-state index in [4.69, 9.17) is 4.74 Å². The zero-order valence-corrected chi connectivity index (χ0v) is 24.1. The van der Waals surface area contributed by atoms with Crippen LogP contribution in [0.15, 0.2) is 11.6 Å². The molecule has 5 rings (SSSR count). The first-order valence-electron chi connectivity index (χ1n) is 15.1. The molecule has 10 atom stereocenters. The number of hydrogen-bond acceptors (Lipinski definition) is 2. The first-order valence-corrected chi connectivity index (χ1v) is 15.1. The quantitative estimate of drug-likeness (QED) is 0.302. The molecule has 2 heteroatoms. The number of fused-ring (bicyclic) bond motifs is 7. The summed E-state index contributed by atoms with van der Waals surface area (Å²) in [6, 6.07) is 0. The van der Waals surface area contributed by atoms with E-state index in [9.17, 15) is 4.79 Å². The minimum atomic E-state index is 0.119. The van der Waals surface area contributed by atoms with E-state index in [-0.39, 0.29) is 18.0 Å². The molecule has 2 nitrogen and oxygen atoms in total. The molecule has 4 aliphatic carbocycles. The summed E-state index contributed by atoms with van der Waals surface area (Å²) in [5.74, 6) is 5.08. The van der Waals surface area contributed by atoms with Crippen molar-refractivity contribution >= 4 is 5.97 Å². The van der Waals surface area contributed by atoms with Gasteiger partial charge in [0.15, 0.2) is 0 Å². The lowest BCUT2D eigenvalue weighted by Gasteiger charge is -2.62. The van der Waals surface area contributed by atoms with Crippen LogP contribution in [0.2, 0.25) is 0 Å². The van der Waals surface area contributed by atoms with Crippen molar-refractivity contribution in [3.63, 3.8) is 0 Å². The summed E-state index contributed by atoms with van der Waals surface area (Å²) >= 11 is 0. The highest BCUT2D eigenvalue weighted by molar-refractivity contribution is 5.75. The molecular formula is C32H56O2. The monoisotopic (exact) mass is 472 g/mol. The number of carbonyl (C=O) groups excluding carboxylic acids is 1. The van der Waals surface area contributed by atoms with E-state index >= 15 is 0 Å². The Morgan fingerprint density at radius 3 is 2.15 bits per heavy atom. The molecule has 1 saturated heterocycles. The van der Waals surface area contributed by atoms with E-state index in [2.05, 4.69) is 40.7 Å². The second-order valence-corrected chi connectivity index (χ2v) is 12.7. The molecule has 0 radical (unpaired) electrons. The summed E-state index contributed by atoms with van der Waals surface area (Å²) in [6.07, 6.45) is 15.6. The summed E-state index contributed by atoms with van der Waals surface area (Å²) in [5, 5.41) is 0. The van der Waals surface area contributed by atoms with E-state index in [0.717, 1.165) is 42.9 Å². The van der Waals surface area contributed by atoms with Crippen LogP contribution in [-0.2, 0) is 9.53 Å². The summed E-state index contributed by atoms with van der Waals surface area (Å²) in [5.41, 5.74) is 2.31. The van der Waals surface area contributed by atoms with Gasteiger partial charge in [-0.1, -0.05) is 73.0 Å². The van der Waals surface area contributed by atoms with E-state index in [1.54, 1.807) is 0 Å². The summed E-state index contributed by atoms with van der Waals surface area (Å²) < 4.78 is 6.08. The molecule has 4 saturated carbocycles. The second-order valence-electron chi connectivity index (χ2n) is 12.7. The molecule has 196 valence electrons. The molecule has 9 unspecified atom stereocenters. The highest BCUT2D eigenvalue weighted by Gasteiger charge is 2.66. The van der Waals surface area contributed by atoms with Crippen LogP contribution in [0.5, 0.6) is 0 Å². The average Bonchev–Trinajstić information content (AvgIpc) is 3.26. The van der Waals surface area contributed by atoms with Crippen LogP contribution in [0.3, 0.4) is 0 Å². The number of rotatable bonds is 3. The Morgan fingerprint density at radius 1 is 0.912 bits per heavy atom. The summed E-state index contributed by atoms with van der Waals surface area (Å²) in [6.45, 7) is 20.1. The Labute approximate surface area is 212 Å². The van der Waals surface area contributed by atoms with Gasteiger partial charge in [-0.25, -0.2) is 0 Å². The number of hydrogen-bond donors (Lipinski definition) is 0. The second kappa shape index (κ2) is 11.1. The van der Waals surface area contributed by atoms with Gasteiger partial charge in [0.25, 0.3) is 0 Å². The van der Waals surface area contributed by atoms with Gasteiger partial charge >= 0.3 is 5.97 Å². The fourth-order valence-corrected chi connectivity index (χ4v) is 9.90. The van der Waals surface area contributed by atoms with Crippen LogP contribution in [0.1, 0.15) is 127 Å². The van der Waals surface area contributed by atoms with Crippen LogP contribution >= 0.6 is 0 Å². The molecule has 5 fully saturated rings. The Balaban J connectivity index is 0.000000771. The highest BCUT2D eigenvalue weighted by Crippen LogP contribution is 2.70. The standard InChI is InChI=1S/C28H44O2.2C2H6/c1-17(2)8-6-10-19-25-23-14-13-21-22(28(23,5)16-24(25)30-26(19)29)12-11-20-18(3)9-7-15-27(20,21)4;2*1-2/h8,18-25H,6-7,9-16H2,1-5H3;2*1-2H3/t18-,19?,20?,21?,22?,23?,24?,25?,27?,28?;;/m1../s1. The molecular weight excluding hydrogens is 416 g/mol. The molecule has 5 aliphatic rings. The lowest BCUT2D eigenvalue weighted by Crippen LogP contribution is -2.55. The predicted octanol–water partition coefficient (Wildman–Crippen LogP) is 9.23. The van der Waals surface area contributed by atoms with Crippen LogP contribution in [-0.4, -0.2) is 12.1 Å². The van der Waals surface area contributed by atoms with Crippen molar-refractivity contribution in [2.24, 2.45) is 52.3 Å². The third-order valence-electron chi connectivity index (χ3n) is 11.1. The molecule has 1 aliphatic heterocycles. The fourth-order valence-electron chi connectivity index (χ4n) is 9.90. The molecule has 0 N–H and O–H groups in total. The van der Waals surface area contributed by atoms with Gasteiger partial charge in [-0.3, -0.25) is 4.79 Å². The lowest BCUT2D eigenvalue weighted by atomic mass is 9.42.